The van der Waals surface area contributed by atoms with Crippen LogP contribution in [0.3, 0.4) is 0 Å². The SMILES string of the molecule is OC1CCCC(CNCCCCc2ccccc2)C1. The van der Waals surface area contributed by atoms with Gasteiger partial charge in [-0.3, -0.25) is 0 Å². The summed E-state index contributed by atoms with van der Waals surface area (Å²) in [5.41, 5.74) is 1.44. The lowest BCUT2D eigenvalue weighted by Gasteiger charge is -2.25. The van der Waals surface area contributed by atoms with Crippen LogP contribution in [0.4, 0.5) is 0 Å². The average Bonchev–Trinajstić information content (AvgIpc) is 2.44. The van der Waals surface area contributed by atoms with E-state index in [0.717, 1.165) is 25.9 Å². The quantitative estimate of drug-likeness (QED) is 0.739. The Labute approximate surface area is 117 Å². The third-order valence-electron chi connectivity index (χ3n) is 4.10. The van der Waals surface area contributed by atoms with Gasteiger partial charge in [0.05, 0.1) is 6.10 Å². The summed E-state index contributed by atoms with van der Waals surface area (Å²) in [6.45, 7) is 2.20. The fourth-order valence-corrected chi connectivity index (χ4v) is 2.98. The monoisotopic (exact) mass is 261 g/mol. The third kappa shape index (κ3) is 5.75. The number of benzene rings is 1. The molecule has 1 saturated carbocycles. The van der Waals surface area contributed by atoms with Crippen molar-refractivity contribution in [3.63, 3.8) is 0 Å². The van der Waals surface area contributed by atoms with Gasteiger partial charge in [0.25, 0.3) is 0 Å². The zero-order valence-corrected chi connectivity index (χ0v) is 11.9. The van der Waals surface area contributed by atoms with Crippen LogP contribution in [0.25, 0.3) is 0 Å². The van der Waals surface area contributed by atoms with Gasteiger partial charge in [-0.15, -0.1) is 0 Å². The van der Waals surface area contributed by atoms with Crippen molar-refractivity contribution in [3.8, 4) is 0 Å². The number of rotatable bonds is 7. The van der Waals surface area contributed by atoms with E-state index in [2.05, 4.69) is 35.6 Å². The van der Waals surface area contributed by atoms with E-state index in [4.69, 9.17) is 0 Å². The first-order valence-electron chi connectivity index (χ1n) is 7.77. The molecule has 1 aliphatic rings. The van der Waals surface area contributed by atoms with Crippen molar-refractivity contribution in [2.24, 2.45) is 5.92 Å². The first-order valence-corrected chi connectivity index (χ1v) is 7.77. The highest BCUT2D eigenvalue weighted by atomic mass is 16.3. The molecule has 1 fully saturated rings. The van der Waals surface area contributed by atoms with Crippen LogP contribution in [0.2, 0.25) is 0 Å². The molecule has 0 radical (unpaired) electrons. The van der Waals surface area contributed by atoms with Gasteiger partial charge >= 0.3 is 0 Å². The second kappa shape index (κ2) is 8.34. The molecule has 106 valence electrons. The highest BCUT2D eigenvalue weighted by molar-refractivity contribution is 5.14. The first-order chi connectivity index (χ1) is 9.34. The van der Waals surface area contributed by atoms with Gasteiger partial charge in [0.2, 0.25) is 0 Å². The van der Waals surface area contributed by atoms with Gasteiger partial charge in [0.15, 0.2) is 0 Å². The molecule has 2 rings (SSSR count). The predicted octanol–water partition coefficient (Wildman–Crippen LogP) is 3.15. The maximum atomic E-state index is 9.62. The molecule has 0 bridgehead atoms. The van der Waals surface area contributed by atoms with E-state index in [-0.39, 0.29) is 6.10 Å². The maximum absolute atomic E-state index is 9.62. The fourth-order valence-electron chi connectivity index (χ4n) is 2.98. The molecule has 1 aromatic carbocycles. The average molecular weight is 261 g/mol. The van der Waals surface area contributed by atoms with Crippen LogP contribution in [0.15, 0.2) is 30.3 Å². The van der Waals surface area contributed by atoms with Gasteiger partial charge < -0.3 is 10.4 Å². The lowest BCUT2D eigenvalue weighted by atomic mass is 9.87. The van der Waals surface area contributed by atoms with E-state index in [1.165, 1.54) is 37.7 Å². The minimum absolute atomic E-state index is 0.0429. The Bertz CT molecular complexity index is 338. The van der Waals surface area contributed by atoms with Gasteiger partial charge in [-0.2, -0.15) is 0 Å². The number of aliphatic hydroxyl groups is 1. The topological polar surface area (TPSA) is 32.3 Å². The van der Waals surface area contributed by atoms with Crippen LogP contribution >= 0.6 is 0 Å². The lowest BCUT2D eigenvalue weighted by molar-refractivity contribution is 0.101. The first kappa shape index (κ1) is 14.5. The molecule has 0 saturated heterocycles. The Morgan fingerprint density at radius 2 is 1.95 bits per heavy atom. The number of hydrogen-bond donors (Lipinski definition) is 2. The van der Waals surface area contributed by atoms with Crippen LogP contribution in [0, 0.1) is 5.92 Å². The van der Waals surface area contributed by atoms with Crippen molar-refractivity contribution >= 4 is 0 Å². The Hall–Kier alpha value is -0.860. The van der Waals surface area contributed by atoms with Crippen molar-refractivity contribution in [2.75, 3.05) is 13.1 Å². The zero-order chi connectivity index (χ0) is 13.3. The van der Waals surface area contributed by atoms with E-state index in [9.17, 15) is 5.11 Å². The highest BCUT2D eigenvalue weighted by Crippen LogP contribution is 2.23. The van der Waals surface area contributed by atoms with Crippen molar-refractivity contribution < 1.29 is 5.11 Å². The molecule has 2 unspecified atom stereocenters. The minimum Gasteiger partial charge on any atom is -0.393 e. The molecular weight excluding hydrogens is 234 g/mol. The Morgan fingerprint density at radius 1 is 1.11 bits per heavy atom. The van der Waals surface area contributed by atoms with Crippen LogP contribution in [-0.4, -0.2) is 24.3 Å². The molecule has 0 heterocycles. The zero-order valence-electron chi connectivity index (χ0n) is 11.9. The molecule has 19 heavy (non-hydrogen) atoms. The summed E-state index contributed by atoms with van der Waals surface area (Å²) < 4.78 is 0. The molecule has 0 aromatic heterocycles. The minimum atomic E-state index is -0.0429. The van der Waals surface area contributed by atoms with Crippen LogP contribution in [0.5, 0.6) is 0 Å². The number of aliphatic hydroxyl groups excluding tert-OH is 1. The van der Waals surface area contributed by atoms with Gasteiger partial charge in [0, 0.05) is 0 Å². The normalized spacial score (nSPS) is 23.4. The van der Waals surface area contributed by atoms with Crippen molar-refractivity contribution in [1.29, 1.82) is 0 Å². The van der Waals surface area contributed by atoms with E-state index < -0.39 is 0 Å². The van der Waals surface area contributed by atoms with Crippen molar-refractivity contribution in [3.05, 3.63) is 35.9 Å². The molecule has 2 atom stereocenters. The summed E-state index contributed by atoms with van der Waals surface area (Å²) in [6.07, 6.45) is 8.12. The predicted molar refractivity (Wildman–Crippen MR) is 80.2 cm³/mol. The molecule has 0 spiro atoms. The molecule has 1 aromatic rings. The standard InChI is InChI=1S/C17H27NO/c19-17-11-6-10-16(13-17)14-18-12-5-4-9-15-7-2-1-3-8-15/h1-3,7-8,16-19H,4-6,9-14H2. The van der Waals surface area contributed by atoms with Crippen LogP contribution in [-0.2, 0) is 6.42 Å². The maximum Gasteiger partial charge on any atom is 0.0543 e. The molecule has 2 heteroatoms. The summed E-state index contributed by atoms with van der Waals surface area (Å²) in [7, 11) is 0. The van der Waals surface area contributed by atoms with E-state index in [0.29, 0.717) is 5.92 Å². The van der Waals surface area contributed by atoms with E-state index >= 15 is 0 Å². The van der Waals surface area contributed by atoms with E-state index in [1.807, 2.05) is 0 Å². The summed E-state index contributed by atoms with van der Waals surface area (Å²) >= 11 is 0. The lowest BCUT2D eigenvalue weighted by Crippen LogP contribution is -2.29. The van der Waals surface area contributed by atoms with Crippen LogP contribution in [0.1, 0.15) is 44.1 Å². The summed E-state index contributed by atoms with van der Waals surface area (Å²) in [5, 5.41) is 13.2. The van der Waals surface area contributed by atoms with Gasteiger partial charge in [-0.1, -0.05) is 36.8 Å². The summed E-state index contributed by atoms with van der Waals surface area (Å²) in [4.78, 5) is 0. The number of nitrogens with one attached hydrogen (secondary N) is 1. The Balaban J connectivity index is 1.48. The summed E-state index contributed by atoms with van der Waals surface area (Å²) in [5.74, 6) is 0.692. The molecular formula is C17H27NO. The van der Waals surface area contributed by atoms with Crippen molar-refractivity contribution in [2.45, 2.75) is 51.0 Å². The molecule has 2 N–H and O–H groups in total. The summed E-state index contributed by atoms with van der Waals surface area (Å²) in [6, 6.07) is 10.7. The second-order valence-corrected chi connectivity index (χ2v) is 5.83. The molecule has 2 nitrogen and oxygen atoms in total. The number of hydrogen-bond acceptors (Lipinski definition) is 2. The smallest absolute Gasteiger partial charge is 0.0543 e. The Morgan fingerprint density at radius 3 is 2.74 bits per heavy atom. The second-order valence-electron chi connectivity index (χ2n) is 5.83. The molecule has 1 aliphatic carbocycles. The van der Waals surface area contributed by atoms with E-state index in [1.54, 1.807) is 0 Å². The van der Waals surface area contributed by atoms with Gasteiger partial charge in [0.1, 0.15) is 0 Å². The van der Waals surface area contributed by atoms with Gasteiger partial charge in [-0.05, 0) is 63.1 Å². The number of aryl methyl sites for hydroxylation is 1. The Kier molecular flexibility index (Phi) is 6.38. The van der Waals surface area contributed by atoms with Crippen LogP contribution < -0.4 is 5.32 Å². The van der Waals surface area contributed by atoms with Crippen molar-refractivity contribution in [1.82, 2.24) is 5.32 Å². The largest absolute Gasteiger partial charge is 0.393 e. The number of unbranched alkanes of at least 4 members (excludes halogenated alkanes) is 1. The molecule has 0 aliphatic heterocycles. The van der Waals surface area contributed by atoms with Gasteiger partial charge in [-0.25, -0.2) is 0 Å². The fraction of sp³-hybridized carbons (Fsp3) is 0.647. The molecule has 0 amide bonds. The third-order valence-corrected chi connectivity index (χ3v) is 4.10. The highest BCUT2D eigenvalue weighted by Gasteiger charge is 2.19.